The van der Waals surface area contributed by atoms with Crippen molar-refractivity contribution >= 4 is 5.97 Å². The predicted molar refractivity (Wildman–Crippen MR) is 50.0 cm³/mol. The van der Waals surface area contributed by atoms with Crippen molar-refractivity contribution in [1.82, 2.24) is 0 Å². The van der Waals surface area contributed by atoms with Gasteiger partial charge in [0.15, 0.2) is 0 Å². The van der Waals surface area contributed by atoms with E-state index in [9.17, 15) is 13.6 Å². The highest BCUT2D eigenvalue weighted by molar-refractivity contribution is 5.89. The largest absolute Gasteiger partial charge is 0.478 e. The van der Waals surface area contributed by atoms with Gasteiger partial charge in [0.2, 0.25) is 0 Å². The molecule has 0 aromatic heterocycles. The molecule has 2 rings (SSSR count). The summed E-state index contributed by atoms with van der Waals surface area (Å²) in [4.78, 5) is 10.8. The molecule has 1 fully saturated rings. The fourth-order valence-corrected chi connectivity index (χ4v) is 1.63. The van der Waals surface area contributed by atoms with Gasteiger partial charge < -0.3 is 5.11 Å². The van der Waals surface area contributed by atoms with Gasteiger partial charge in [0, 0.05) is 11.5 Å². The van der Waals surface area contributed by atoms with Gasteiger partial charge in [-0.1, -0.05) is 18.2 Å². The van der Waals surface area contributed by atoms with Crippen LogP contribution in [-0.2, 0) is 5.92 Å². The number of rotatable bonds is 3. The molecule has 0 spiro atoms. The van der Waals surface area contributed by atoms with Gasteiger partial charge in [0.05, 0.1) is 5.56 Å². The lowest BCUT2D eigenvalue weighted by Gasteiger charge is -2.17. The fraction of sp³-hybridized carbons (Fsp3) is 0.364. The van der Waals surface area contributed by atoms with Crippen molar-refractivity contribution in [3.8, 4) is 0 Å². The molecule has 1 N–H and O–H groups in total. The number of alkyl halides is 2. The Morgan fingerprint density at radius 1 is 1.33 bits per heavy atom. The van der Waals surface area contributed by atoms with Gasteiger partial charge in [-0.25, -0.2) is 13.6 Å². The van der Waals surface area contributed by atoms with Crippen molar-refractivity contribution in [2.24, 2.45) is 5.92 Å². The monoisotopic (exact) mass is 212 g/mol. The summed E-state index contributed by atoms with van der Waals surface area (Å²) in [6.07, 6.45) is 0.946. The second kappa shape index (κ2) is 3.29. The molecule has 0 bridgehead atoms. The Labute approximate surface area is 85.5 Å². The van der Waals surface area contributed by atoms with E-state index in [1.165, 1.54) is 24.3 Å². The summed E-state index contributed by atoms with van der Waals surface area (Å²) in [5.74, 6) is -4.99. The van der Waals surface area contributed by atoms with Gasteiger partial charge >= 0.3 is 5.97 Å². The van der Waals surface area contributed by atoms with E-state index in [0.29, 0.717) is 12.8 Å². The predicted octanol–water partition coefficient (Wildman–Crippen LogP) is 2.89. The van der Waals surface area contributed by atoms with E-state index in [1.807, 2.05) is 0 Å². The highest BCUT2D eigenvalue weighted by atomic mass is 19.3. The van der Waals surface area contributed by atoms with Crippen LogP contribution >= 0.6 is 0 Å². The fourth-order valence-electron chi connectivity index (χ4n) is 1.63. The molecule has 0 unspecified atom stereocenters. The second-order valence-corrected chi connectivity index (χ2v) is 3.75. The molecule has 0 radical (unpaired) electrons. The molecule has 1 saturated carbocycles. The summed E-state index contributed by atoms with van der Waals surface area (Å²) in [7, 11) is 0. The van der Waals surface area contributed by atoms with Crippen LogP contribution in [0.5, 0.6) is 0 Å². The maximum absolute atomic E-state index is 13.7. The van der Waals surface area contributed by atoms with E-state index in [0.717, 1.165) is 0 Å². The molecule has 0 saturated heterocycles. The van der Waals surface area contributed by atoms with E-state index in [2.05, 4.69) is 0 Å². The quantitative estimate of drug-likeness (QED) is 0.836. The first kappa shape index (κ1) is 10.1. The summed E-state index contributed by atoms with van der Waals surface area (Å²) < 4.78 is 27.4. The molecule has 1 aliphatic rings. The van der Waals surface area contributed by atoms with Gasteiger partial charge in [0.25, 0.3) is 5.92 Å². The Morgan fingerprint density at radius 2 is 1.93 bits per heavy atom. The van der Waals surface area contributed by atoms with Crippen LogP contribution < -0.4 is 0 Å². The van der Waals surface area contributed by atoms with E-state index in [1.54, 1.807) is 0 Å². The molecule has 15 heavy (non-hydrogen) atoms. The third kappa shape index (κ3) is 1.71. The molecule has 0 atom stereocenters. The van der Waals surface area contributed by atoms with Crippen LogP contribution in [0.1, 0.15) is 28.8 Å². The maximum atomic E-state index is 13.7. The van der Waals surface area contributed by atoms with Crippen LogP contribution in [0, 0.1) is 5.92 Å². The number of aromatic carboxylic acids is 1. The number of hydrogen-bond donors (Lipinski definition) is 1. The average molecular weight is 212 g/mol. The minimum absolute atomic E-state index is 0.297. The second-order valence-electron chi connectivity index (χ2n) is 3.75. The minimum Gasteiger partial charge on any atom is -0.478 e. The molecular formula is C11H10F2O2. The van der Waals surface area contributed by atoms with Crippen LogP contribution in [0.25, 0.3) is 0 Å². The van der Waals surface area contributed by atoms with Crippen LogP contribution in [-0.4, -0.2) is 11.1 Å². The SMILES string of the molecule is O=C(O)c1ccccc1C(F)(F)C1CC1. The smallest absolute Gasteiger partial charge is 0.336 e. The topological polar surface area (TPSA) is 37.3 Å². The van der Waals surface area contributed by atoms with Crippen molar-refractivity contribution in [1.29, 1.82) is 0 Å². The molecule has 4 heteroatoms. The first-order chi connectivity index (χ1) is 7.03. The summed E-state index contributed by atoms with van der Waals surface area (Å²) in [6, 6.07) is 5.31. The third-order valence-corrected chi connectivity index (χ3v) is 2.61. The van der Waals surface area contributed by atoms with Crippen LogP contribution in [0.15, 0.2) is 24.3 Å². The number of carbonyl (C=O) groups is 1. The number of carboxylic acids is 1. The van der Waals surface area contributed by atoms with Crippen molar-refractivity contribution in [3.63, 3.8) is 0 Å². The summed E-state index contributed by atoms with van der Waals surface area (Å²) in [6.45, 7) is 0. The lowest BCUT2D eigenvalue weighted by molar-refractivity contribution is -0.0296. The van der Waals surface area contributed by atoms with Crippen molar-refractivity contribution in [3.05, 3.63) is 35.4 Å². The Morgan fingerprint density at radius 3 is 2.47 bits per heavy atom. The molecule has 2 nitrogen and oxygen atoms in total. The maximum Gasteiger partial charge on any atom is 0.336 e. The highest BCUT2D eigenvalue weighted by Gasteiger charge is 2.49. The van der Waals surface area contributed by atoms with Gasteiger partial charge in [0.1, 0.15) is 0 Å². The van der Waals surface area contributed by atoms with E-state index >= 15 is 0 Å². The summed E-state index contributed by atoms with van der Waals surface area (Å²) in [5.41, 5.74) is -0.658. The Kier molecular flexibility index (Phi) is 2.21. The molecule has 1 aliphatic carbocycles. The number of hydrogen-bond acceptors (Lipinski definition) is 1. The summed E-state index contributed by atoms with van der Waals surface area (Å²) in [5, 5.41) is 8.80. The number of carboxylic acid groups (broad SMARTS) is 1. The van der Waals surface area contributed by atoms with Gasteiger partial charge in [-0.15, -0.1) is 0 Å². The van der Waals surface area contributed by atoms with Gasteiger partial charge in [-0.05, 0) is 18.9 Å². The molecule has 1 aromatic carbocycles. The summed E-state index contributed by atoms with van der Waals surface area (Å²) >= 11 is 0. The van der Waals surface area contributed by atoms with Crippen LogP contribution in [0.3, 0.4) is 0 Å². The number of benzene rings is 1. The van der Waals surface area contributed by atoms with Crippen molar-refractivity contribution in [2.45, 2.75) is 18.8 Å². The van der Waals surface area contributed by atoms with E-state index in [4.69, 9.17) is 5.11 Å². The normalized spacial score (nSPS) is 16.4. The molecular weight excluding hydrogens is 202 g/mol. The van der Waals surface area contributed by atoms with Crippen molar-refractivity contribution < 1.29 is 18.7 Å². The number of halogens is 2. The van der Waals surface area contributed by atoms with Crippen LogP contribution in [0.2, 0.25) is 0 Å². The Hall–Kier alpha value is -1.45. The standard InChI is InChI=1S/C11H10F2O2/c12-11(13,7-5-6-7)9-4-2-1-3-8(9)10(14)15/h1-4,7H,5-6H2,(H,14,15). The minimum atomic E-state index is -3.00. The zero-order valence-electron chi connectivity index (χ0n) is 7.91. The third-order valence-electron chi connectivity index (χ3n) is 2.61. The van der Waals surface area contributed by atoms with E-state index < -0.39 is 17.8 Å². The lowest BCUT2D eigenvalue weighted by Crippen LogP contribution is -2.20. The molecule has 1 aromatic rings. The first-order valence-corrected chi connectivity index (χ1v) is 4.74. The van der Waals surface area contributed by atoms with Gasteiger partial charge in [-0.2, -0.15) is 0 Å². The zero-order valence-corrected chi connectivity index (χ0v) is 7.91. The van der Waals surface area contributed by atoms with Crippen molar-refractivity contribution in [2.75, 3.05) is 0 Å². The Bertz CT molecular complexity index is 397. The highest BCUT2D eigenvalue weighted by Crippen LogP contribution is 2.50. The van der Waals surface area contributed by atoms with E-state index in [-0.39, 0.29) is 11.1 Å². The molecule has 0 amide bonds. The Balaban J connectivity index is 2.46. The van der Waals surface area contributed by atoms with Gasteiger partial charge in [-0.3, -0.25) is 0 Å². The first-order valence-electron chi connectivity index (χ1n) is 4.74. The molecule has 0 aliphatic heterocycles. The van der Waals surface area contributed by atoms with Crippen LogP contribution in [0.4, 0.5) is 8.78 Å². The molecule has 80 valence electrons. The average Bonchev–Trinajstić information content (AvgIpc) is 3.01. The zero-order chi connectivity index (χ0) is 11.1. The lowest BCUT2D eigenvalue weighted by atomic mass is 9.98. The molecule has 0 heterocycles.